The molecule has 0 amide bonds. The van der Waals surface area contributed by atoms with E-state index in [1.807, 2.05) is 0 Å². The minimum atomic E-state index is -4.35. The summed E-state index contributed by atoms with van der Waals surface area (Å²) in [7, 11) is -3.65. The molecule has 102 valence electrons. The van der Waals surface area contributed by atoms with E-state index in [2.05, 4.69) is 10.0 Å². The number of hydrogen-bond donors (Lipinski definition) is 2. The maximum atomic E-state index is 12.0. The first-order valence-electron chi connectivity index (χ1n) is 5.48. The van der Waals surface area contributed by atoms with Crippen molar-refractivity contribution in [1.82, 2.24) is 10.0 Å². The average molecular weight is 274 g/mol. The van der Waals surface area contributed by atoms with E-state index < -0.39 is 28.7 Å². The lowest BCUT2D eigenvalue weighted by Crippen LogP contribution is -2.41. The van der Waals surface area contributed by atoms with Crippen molar-refractivity contribution in [2.75, 3.05) is 12.3 Å². The van der Waals surface area contributed by atoms with Crippen molar-refractivity contribution in [3.05, 3.63) is 0 Å². The van der Waals surface area contributed by atoms with Crippen LogP contribution in [0.3, 0.4) is 0 Å². The quantitative estimate of drug-likeness (QED) is 0.786. The highest BCUT2D eigenvalue weighted by molar-refractivity contribution is 7.89. The lowest BCUT2D eigenvalue weighted by molar-refractivity contribution is -0.137. The zero-order valence-electron chi connectivity index (χ0n) is 9.55. The van der Waals surface area contributed by atoms with Gasteiger partial charge in [0.15, 0.2) is 0 Å². The van der Waals surface area contributed by atoms with Crippen LogP contribution in [0.25, 0.3) is 0 Å². The largest absolute Gasteiger partial charge is 0.390 e. The summed E-state index contributed by atoms with van der Waals surface area (Å²) in [5.41, 5.74) is 0. The molecule has 2 unspecified atom stereocenters. The SMILES string of the molecule is CC(CC(F)(F)F)NS(=O)(=O)CC1CCCN1. The highest BCUT2D eigenvalue weighted by Gasteiger charge is 2.32. The first-order chi connectivity index (χ1) is 7.68. The van der Waals surface area contributed by atoms with E-state index in [0.717, 1.165) is 19.4 Å². The highest BCUT2D eigenvalue weighted by Crippen LogP contribution is 2.21. The third kappa shape index (κ3) is 6.23. The summed E-state index contributed by atoms with van der Waals surface area (Å²) in [4.78, 5) is 0. The number of hydrogen-bond acceptors (Lipinski definition) is 3. The molecule has 17 heavy (non-hydrogen) atoms. The Hall–Kier alpha value is -0.340. The number of rotatable bonds is 5. The lowest BCUT2D eigenvalue weighted by atomic mass is 10.2. The molecule has 0 radical (unpaired) electrons. The monoisotopic (exact) mass is 274 g/mol. The van der Waals surface area contributed by atoms with E-state index in [0.29, 0.717) is 0 Å². The number of nitrogens with one attached hydrogen (secondary N) is 2. The van der Waals surface area contributed by atoms with Crippen molar-refractivity contribution < 1.29 is 21.6 Å². The van der Waals surface area contributed by atoms with Crippen LogP contribution in [-0.4, -0.2) is 39.0 Å². The van der Waals surface area contributed by atoms with Gasteiger partial charge in [0.2, 0.25) is 10.0 Å². The number of sulfonamides is 1. The van der Waals surface area contributed by atoms with Crippen LogP contribution in [0.2, 0.25) is 0 Å². The Morgan fingerprint density at radius 3 is 2.59 bits per heavy atom. The Morgan fingerprint density at radius 2 is 2.12 bits per heavy atom. The summed E-state index contributed by atoms with van der Waals surface area (Å²) in [6.45, 7) is 1.98. The maximum absolute atomic E-state index is 12.0. The first-order valence-corrected chi connectivity index (χ1v) is 7.13. The second kappa shape index (κ2) is 5.53. The molecular weight excluding hydrogens is 257 g/mol. The fourth-order valence-electron chi connectivity index (χ4n) is 1.91. The molecule has 0 aromatic rings. The van der Waals surface area contributed by atoms with Gasteiger partial charge in [-0.2, -0.15) is 13.2 Å². The van der Waals surface area contributed by atoms with Crippen molar-refractivity contribution in [1.29, 1.82) is 0 Å². The fourth-order valence-corrected chi connectivity index (χ4v) is 3.51. The van der Waals surface area contributed by atoms with Gasteiger partial charge in [-0.15, -0.1) is 0 Å². The Labute approximate surface area is 99.0 Å². The maximum Gasteiger partial charge on any atom is 0.390 e. The smallest absolute Gasteiger partial charge is 0.313 e. The van der Waals surface area contributed by atoms with Crippen molar-refractivity contribution in [3.63, 3.8) is 0 Å². The van der Waals surface area contributed by atoms with E-state index in [1.165, 1.54) is 6.92 Å². The Balaban J connectivity index is 2.42. The molecule has 1 saturated heterocycles. The predicted octanol–water partition coefficient (Wildman–Crippen LogP) is 0.999. The van der Waals surface area contributed by atoms with E-state index in [9.17, 15) is 21.6 Å². The van der Waals surface area contributed by atoms with Crippen molar-refractivity contribution in [2.45, 2.75) is 44.4 Å². The molecule has 1 fully saturated rings. The second-order valence-electron chi connectivity index (χ2n) is 4.41. The number of alkyl halides is 3. The third-order valence-corrected chi connectivity index (χ3v) is 4.10. The number of halogens is 3. The summed E-state index contributed by atoms with van der Waals surface area (Å²) < 4.78 is 61.3. The molecule has 1 aliphatic rings. The van der Waals surface area contributed by atoms with E-state index in [-0.39, 0.29) is 11.8 Å². The molecule has 0 saturated carbocycles. The van der Waals surface area contributed by atoms with Gasteiger partial charge >= 0.3 is 6.18 Å². The summed E-state index contributed by atoms with van der Waals surface area (Å²) >= 11 is 0. The molecule has 1 heterocycles. The van der Waals surface area contributed by atoms with Crippen LogP contribution < -0.4 is 10.0 Å². The summed E-state index contributed by atoms with van der Waals surface area (Å²) in [5.74, 6) is -0.158. The summed E-state index contributed by atoms with van der Waals surface area (Å²) in [5, 5.41) is 2.99. The summed E-state index contributed by atoms with van der Waals surface area (Å²) in [6, 6.07) is -1.27. The highest BCUT2D eigenvalue weighted by atomic mass is 32.2. The molecule has 0 bridgehead atoms. The van der Waals surface area contributed by atoms with Gasteiger partial charge in [0.1, 0.15) is 0 Å². The first kappa shape index (κ1) is 14.7. The van der Waals surface area contributed by atoms with Crippen molar-refractivity contribution in [3.8, 4) is 0 Å². The third-order valence-electron chi connectivity index (χ3n) is 2.50. The zero-order valence-corrected chi connectivity index (χ0v) is 10.4. The normalized spacial score (nSPS) is 23.9. The molecule has 0 aromatic carbocycles. The van der Waals surface area contributed by atoms with Crippen LogP contribution >= 0.6 is 0 Å². The molecule has 4 nitrogen and oxygen atoms in total. The van der Waals surface area contributed by atoms with E-state index in [4.69, 9.17) is 0 Å². The standard InChI is InChI=1S/C9H17F3N2O2S/c1-7(5-9(10,11)12)14-17(15,16)6-8-3-2-4-13-8/h7-8,13-14H,2-6H2,1H3. The minimum Gasteiger partial charge on any atom is -0.313 e. The topological polar surface area (TPSA) is 58.2 Å². The summed E-state index contributed by atoms with van der Waals surface area (Å²) in [6.07, 6.45) is -3.86. The Morgan fingerprint density at radius 1 is 1.47 bits per heavy atom. The van der Waals surface area contributed by atoms with E-state index in [1.54, 1.807) is 0 Å². The lowest BCUT2D eigenvalue weighted by Gasteiger charge is -2.17. The van der Waals surface area contributed by atoms with Crippen LogP contribution in [0.5, 0.6) is 0 Å². The zero-order chi connectivity index (χ0) is 13.1. The van der Waals surface area contributed by atoms with Crippen LogP contribution in [0.1, 0.15) is 26.2 Å². The Bertz CT molecular complexity index is 337. The van der Waals surface area contributed by atoms with Crippen LogP contribution in [0, 0.1) is 0 Å². The molecule has 0 aliphatic carbocycles. The molecule has 1 aliphatic heterocycles. The van der Waals surface area contributed by atoms with Gasteiger partial charge in [-0.3, -0.25) is 0 Å². The van der Waals surface area contributed by atoms with Gasteiger partial charge in [0.25, 0.3) is 0 Å². The van der Waals surface area contributed by atoms with E-state index >= 15 is 0 Å². The molecule has 2 N–H and O–H groups in total. The van der Waals surface area contributed by atoms with Crippen LogP contribution in [-0.2, 0) is 10.0 Å². The van der Waals surface area contributed by atoms with Gasteiger partial charge in [0, 0.05) is 12.1 Å². The second-order valence-corrected chi connectivity index (χ2v) is 6.21. The molecular formula is C9H17F3N2O2S. The van der Waals surface area contributed by atoms with Crippen LogP contribution in [0.15, 0.2) is 0 Å². The van der Waals surface area contributed by atoms with Crippen molar-refractivity contribution >= 4 is 10.0 Å². The van der Waals surface area contributed by atoms with Crippen LogP contribution in [0.4, 0.5) is 13.2 Å². The van der Waals surface area contributed by atoms with Crippen molar-refractivity contribution in [2.24, 2.45) is 0 Å². The molecule has 0 spiro atoms. The molecule has 0 aromatic heterocycles. The Kier molecular flexibility index (Phi) is 4.79. The average Bonchev–Trinajstić information content (AvgIpc) is 2.49. The molecule has 8 heteroatoms. The molecule has 2 atom stereocenters. The van der Waals surface area contributed by atoms with Gasteiger partial charge in [-0.05, 0) is 26.3 Å². The van der Waals surface area contributed by atoms with Gasteiger partial charge in [-0.1, -0.05) is 0 Å². The van der Waals surface area contributed by atoms with Gasteiger partial charge < -0.3 is 5.32 Å². The molecule has 1 rings (SSSR count). The fraction of sp³-hybridized carbons (Fsp3) is 1.00. The van der Waals surface area contributed by atoms with Gasteiger partial charge in [-0.25, -0.2) is 13.1 Å². The van der Waals surface area contributed by atoms with Gasteiger partial charge in [0.05, 0.1) is 12.2 Å². The minimum absolute atomic E-state index is 0.148. The predicted molar refractivity (Wildman–Crippen MR) is 58.1 cm³/mol.